The lowest BCUT2D eigenvalue weighted by Crippen LogP contribution is -2.48. The molecule has 1 fully saturated rings. The number of carbonyl (C=O) groups is 2. The Morgan fingerprint density at radius 1 is 1.20 bits per heavy atom. The van der Waals surface area contributed by atoms with E-state index in [-0.39, 0.29) is 36.7 Å². The molecule has 3 aromatic rings. The first kappa shape index (κ1) is 25.1. The van der Waals surface area contributed by atoms with Crippen LogP contribution in [0.5, 0.6) is 0 Å². The van der Waals surface area contributed by atoms with Crippen LogP contribution in [0.15, 0.2) is 40.4 Å². The largest absolute Gasteiger partial charge is 0.391 e. The number of aromatic nitrogens is 2. The zero-order chi connectivity index (χ0) is 25.3. The van der Waals surface area contributed by atoms with Crippen molar-refractivity contribution in [3.8, 4) is 10.4 Å². The Balaban J connectivity index is 1.47. The fraction of sp³-hybridized carbons (Fsp3) is 0.462. The summed E-state index contributed by atoms with van der Waals surface area (Å²) >= 11 is 1.60. The Morgan fingerprint density at radius 3 is 2.49 bits per heavy atom. The lowest BCUT2D eigenvalue weighted by molar-refractivity contribution is -0.141. The van der Waals surface area contributed by atoms with Gasteiger partial charge in [-0.3, -0.25) is 9.59 Å². The molecule has 8 nitrogen and oxygen atoms in total. The van der Waals surface area contributed by atoms with Gasteiger partial charge >= 0.3 is 0 Å². The second kappa shape index (κ2) is 10.3. The maximum Gasteiger partial charge on any atom is 0.243 e. The van der Waals surface area contributed by atoms with Crippen LogP contribution in [0, 0.1) is 19.8 Å². The van der Waals surface area contributed by atoms with E-state index in [0.29, 0.717) is 11.5 Å². The smallest absolute Gasteiger partial charge is 0.243 e. The number of thiazole rings is 1. The Hall–Kier alpha value is -3.04. The molecule has 0 radical (unpaired) electrons. The molecular formula is C26H32N4O4S. The quantitative estimate of drug-likeness (QED) is 0.512. The second-order valence-electron chi connectivity index (χ2n) is 9.61. The van der Waals surface area contributed by atoms with Crippen molar-refractivity contribution in [3.63, 3.8) is 0 Å². The van der Waals surface area contributed by atoms with Gasteiger partial charge < -0.3 is 19.8 Å². The van der Waals surface area contributed by atoms with Gasteiger partial charge in [-0.15, -0.1) is 11.3 Å². The van der Waals surface area contributed by atoms with E-state index in [2.05, 4.69) is 15.5 Å². The molecule has 0 spiro atoms. The number of aliphatic hydroxyl groups is 1. The summed E-state index contributed by atoms with van der Waals surface area (Å²) in [6.45, 7) is 9.68. The van der Waals surface area contributed by atoms with Crippen molar-refractivity contribution in [2.45, 2.75) is 65.1 Å². The minimum Gasteiger partial charge on any atom is -0.391 e. The van der Waals surface area contributed by atoms with Crippen molar-refractivity contribution in [2.24, 2.45) is 5.92 Å². The maximum absolute atomic E-state index is 13.5. The number of aryl methyl sites for hydroxylation is 2. The lowest BCUT2D eigenvalue weighted by Gasteiger charge is -2.29. The van der Waals surface area contributed by atoms with E-state index in [1.54, 1.807) is 24.3 Å². The Morgan fingerprint density at radius 2 is 1.91 bits per heavy atom. The Kier molecular flexibility index (Phi) is 7.37. The van der Waals surface area contributed by atoms with E-state index >= 15 is 0 Å². The van der Waals surface area contributed by atoms with Crippen LogP contribution in [0.3, 0.4) is 0 Å². The summed E-state index contributed by atoms with van der Waals surface area (Å²) in [5.41, 5.74) is 5.56. The molecule has 1 aliphatic rings. The highest BCUT2D eigenvalue weighted by atomic mass is 32.1. The highest BCUT2D eigenvalue weighted by Crippen LogP contribution is 2.32. The number of hydrogen-bond donors (Lipinski definition) is 2. The molecule has 1 saturated heterocycles. The molecule has 4 rings (SSSR count). The molecule has 9 heteroatoms. The zero-order valence-corrected chi connectivity index (χ0v) is 21.5. The minimum absolute atomic E-state index is 0.0593. The topological polar surface area (TPSA) is 109 Å². The number of hydrogen-bond acceptors (Lipinski definition) is 7. The highest BCUT2D eigenvalue weighted by molar-refractivity contribution is 7.13. The molecule has 4 atom stereocenters. The zero-order valence-electron chi connectivity index (χ0n) is 20.7. The van der Waals surface area contributed by atoms with Gasteiger partial charge in [-0.05, 0) is 37.8 Å². The van der Waals surface area contributed by atoms with Crippen LogP contribution in [-0.4, -0.2) is 50.7 Å². The number of carbonyl (C=O) groups excluding carboxylic acids is 2. The van der Waals surface area contributed by atoms with Gasteiger partial charge in [0.25, 0.3) is 0 Å². The third-order valence-electron chi connectivity index (χ3n) is 6.53. The van der Waals surface area contributed by atoms with Gasteiger partial charge in [-0.1, -0.05) is 43.3 Å². The third-order valence-corrected chi connectivity index (χ3v) is 7.50. The Labute approximate surface area is 209 Å². The Bertz CT molecular complexity index is 1190. The molecule has 0 bridgehead atoms. The molecule has 1 aromatic carbocycles. The van der Waals surface area contributed by atoms with Crippen LogP contribution in [-0.2, 0) is 9.59 Å². The van der Waals surface area contributed by atoms with E-state index in [0.717, 1.165) is 21.7 Å². The minimum atomic E-state index is -0.754. The lowest BCUT2D eigenvalue weighted by atomic mass is 9.91. The van der Waals surface area contributed by atoms with Crippen molar-refractivity contribution in [2.75, 3.05) is 6.54 Å². The van der Waals surface area contributed by atoms with Crippen molar-refractivity contribution in [3.05, 3.63) is 58.6 Å². The van der Waals surface area contributed by atoms with E-state index in [9.17, 15) is 14.7 Å². The predicted molar refractivity (Wildman–Crippen MR) is 134 cm³/mol. The third kappa shape index (κ3) is 5.31. The van der Waals surface area contributed by atoms with Crippen molar-refractivity contribution >= 4 is 23.2 Å². The van der Waals surface area contributed by atoms with Crippen molar-refractivity contribution in [1.82, 2.24) is 20.4 Å². The number of likely N-dealkylation sites (tertiary alicyclic amines) is 1. The monoisotopic (exact) mass is 496 g/mol. The average Bonchev–Trinajstić information content (AvgIpc) is 3.53. The standard InChI is InChI=1S/C26H32N4O4S/c1-14(2)23(22-10-15(3)29-34-22)26(33)30-12-20(31)11-21(30)25(32)28-16(4)18-6-8-19(9-7-18)24-17(5)27-13-35-24/h6-10,13-14,16,20-21,23,31H,11-12H2,1-5H3,(H,28,32)/t16-,20-,21-,23-/m0/s1. The number of rotatable bonds is 7. The van der Waals surface area contributed by atoms with Gasteiger partial charge in [0, 0.05) is 19.0 Å². The first-order chi connectivity index (χ1) is 16.7. The SMILES string of the molecule is Cc1cc([C@@H](C(=O)N2C[C@@H](O)C[C@H]2C(=O)N[C@@H](C)c2ccc(-c3scnc3C)cc2)C(C)C)on1. The average molecular weight is 497 g/mol. The first-order valence-corrected chi connectivity index (χ1v) is 12.8. The first-order valence-electron chi connectivity index (χ1n) is 11.9. The molecule has 35 heavy (non-hydrogen) atoms. The number of aliphatic hydroxyl groups excluding tert-OH is 1. The van der Waals surface area contributed by atoms with Crippen LogP contribution in [0.4, 0.5) is 0 Å². The summed E-state index contributed by atoms with van der Waals surface area (Å²) in [4.78, 5) is 33.7. The van der Waals surface area contributed by atoms with Crippen LogP contribution >= 0.6 is 11.3 Å². The van der Waals surface area contributed by atoms with Gasteiger partial charge in [-0.2, -0.15) is 0 Å². The molecule has 2 amide bonds. The number of nitrogens with zero attached hydrogens (tertiary/aromatic N) is 3. The molecule has 0 saturated carbocycles. The molecule has 3 heterocycles. The van der Waals surface area contributed by atoms with Crippen LogP contribution in [0.2, 0.25) is 0 Å². The molecule has 2 N–H and O–H groups in total. The van der Waals surface area contributed by atoms with Crippen LogP contribution in [0.1, 0.15) is 61.9 Å². The molecule has 186 valence electrons. The highest BCUT2D eigenvalue weighted by Gasteiger charge is 2.43. The predicted octanol–water partition coefficient (Wildman–Crippen LogP) is 3.99. The van der Waals surface area contributed by atoms with Gasteiger partial charge in [0.1, 0.15) is 17.7 Å². The van der Waals surface area contributed by atoms with E-state index in [4.69, 9.17) is 4.52 Å². The van der Waals surface area contributed by atoms with Crippen molar-refractivity contribution < 1.29 is 19.2 Å². The molecule has 2 aromatic heterocycles. The fourth-order valence-electron chi connectivity index (χ4n) is 4.64. The number of benzene rings is 1. The number of β-amino-alcohol motifs (C(OH)–C–C–N with tert-alkyl or cyclic N) is 1. The molecule has 0 aliphatic carbocycles. The molecule has 1 aliphatic heterocycles. The van der Waals surface area contributed by atoms with Crippen molar-refractivity contribution in [1.29, 1.82) is 0 Å². The summed E-state index contributed by atoms with van der Waals surface area (Å²) in [5.74, 6) is -0.661. The van der Waals surface area contributed by atoms with Crippen LogP contribution in [0.25, 0.3) is 10.4 Å². The number of amides is 2. The van der Waals surface area contributed by atoms with Gasteiger partial charge in [0.2, 0.25) is 11.8 Å². The fourth-order valence-corrected chi connectivity index (χ4v) is 5.46. The van der Waals surface area contributed by atoms with E-state index in [1.807, 2.05) is 57.5 Å². The number of nitrogens with one attached hydrogen (secondary N) is 1. The summed E-state index contributed by atoms with van der Waals surface area (Å²) in [5, 5.41) is 17.3. The van der Waals surface area contributed by atoms with E-state index < -0.39 is 18.1 Å². The summed E-state index contributed by atoms with van der Waals surface area (Å²) in [6.07, 6.45) is -0.551. The molecular weight excluding hydrogens is 464 g/mol. The summed E-state index contributed by atoms with van der Waals surface area (Å²) in [7, 11) is 0. The van der Waals surface area contributed by atoms with E-state index in [1.165, 1.54) is 4.90 Å². The van der Waals surface area contributed by atoms with Crippen LogP contribution < -0.4 is 5.32 Å². The van der Waals surface area contributed by atoms with Gasteiger partial charge in [-0.25, -0.2) is 4.98 Å². The summed E-state index contributed by atoms with van der Waals surface area (Å²) in [6, 6.07) is 8.79. The second-order valence-corrected chi connectivity index (χ2v) is 10.5. The summed E-state index contributed by atoms with van der Waals surface area (Å²) < 4.78 is 5.39. The normalized spacial score (nSPS) is 19.7. The maximum atomic E-state index is 13.5. The van der Waals surface area contributed by atoms with Gasteiger partial charge in [0.05, 0.1) is 33.9 Å². The molecule has 0 unspecified atom stereocenters. The van der Waals surface area contributed by atoms with Gasteiger partial charge in [0.15, 0.2) is 0 Å².